The number of rotatable bonds is 6. The number of nitrogens with zero attached hydrogens (tertiary/aromatic N) is 2. The number of nitrogens with one attached hydrogen (secondary N) is 1. The molecule has 174 valence electrons. The zero-order valence-electron chi connectivity index (χ0n) is 19.1. The van der Waals surface area contributed by atoms with E-state index in [1.807, 2.05) is 54.6 Å². The number of fused-ring (bicyclic) bond motifs is 2. The summed E-state index contributed by atoms with van der Waals surface area (Å²) in [6.07, 6.45) is 0. The molecule has 8 nitrogen and oxygen atoms in total. The number of pyridine rings is 1. The summed E-state index contributed by atoms with van der Waals surface area (Å²) < 4.78 is 15.6. The van der Waals surface area contributed by atoms with Crippen LogP contribution >= 0.6 is 0 Å². The van der Waals surface area contributed by atoms with E-state index in [2.05, 4.69) is 10.5 Å². The van der Waals surface area contributed by atoms with Crippen molar-refractivity contribution in [3.8, 4) is 17.0 Å². The summed E-state index contributed by atoms with van der Waals surface area (Å²) in [7, 11) is 1.63. The van der Waals surface area contributed by atoms with Crippen molar-refractivity contribution >= 4 is 39.4 Å². The highest BCUT2D eigenvalue weighted by atomic mass is 16.5. The minimum absolute atomic E-state index is 0.189. The molecule has 3 aromatic carbocycles. The van der Waals surface area contributed by atoms with Crippen molar-refractivity contribution in [3.63, 3.8) is 0 Å². The molecule has 8 heteroatoms. The van der Waals surface area contributed by atoms with Crippen molar-refractivity contribution in [1.29, 1.82) is 0 Å². The Bertz CT molecular complexity index is 1570. The number of carbonyl (C=O) groups is 2. The maximum absolute atomic E-state index is 13.0. The number of para-hydroxylation sites is 1. The van der Waals surface area contributed by atoms with Crippen LogP contribution in [-0.2, 0) is 9.53 Å². The largest absolute Gasteiger partial charge is 0.497 e. The second kappa shape index (κ2) is 9.26. The number of aryl methyl sites for hydroxylation is 1. The molecule has 0 atom stereocenters. The molecule has 2 aromatic heterocycles. The SMILES string of the molecule is COc1ccc2cc(-c3cc(C(=O)OCC(=O)Nc4cc(C)no4)c4ccccc4n3)ccc2c1. The molecule has 1 N–H and O–H groups in total. The highest BCUT2D eigenvalue weighted by Gasteiger charge is 2.17. The molecule has 0 fully saturated rings. The number of hydrogen-bond acceptors (Lipinski definition) is 7. The standard InChI is InChI=1S/C27H21N3O5/c1-16-11-26(35-30-16)29-25(31)15-34-27(32)22-14-24(28-23-6-4-3-5-21(22)23)19-8-7-18-13-20(33-2)10-9-17(18)12-19/h3-14H,15H2,1-2H3,(H,29,31). The van der Waals surface area contributed by atoms with Gasteiger partial charge in [-0.3, -0.25) is 10.1 Å². The van der Waals surface area contributed by atoms with E-state index in [4.69, 9.17) is 19.0 Å². The summed E-state index contributed by atoms with van der Waals surface area (Å²) in [5.41, 5.74) is 3.06. The van der Waals surface area contributed by atoms with Crippen LogP contribution < -0.4 is 10.1 Å². The van der Waals surface area contributed by atoms with Crippen molar-refractivity contribution in [2.24, 2.45) is 0 Å². The first kappa shape index (κ1) is 22.1. The van der Waals surface area contributed by atoms with E-state index in [-0.39, 0.29) is 5.88 Å². The highest BCUT2D eigenvalue weighted by Crippen LogP contribution is 2.29. The number of methoxy groups -OCH3 is 1. The summed E-state index contributed by atoms with van der Waals surface area (Å²) in [4.78, 5) is 29.9. The Kier molecular flexibility index (Phi) is 5.85. The van der Waals surface area contributed by atoms with Gasteiger partial charge in [0.15, 0.2) is 6.61 Å². The molecule has 1 amide bonds. The average molecular weight is 467 g/mol. The second-order valence-electron chi connectivity index (χ2n) is 7.96. The first-order valence-electron chi connectivity index (χ1n) is 10.9. The van der Waals surface area contributed by atoms with Crippen molar-refractivity contribution in [2.75, 3.05) is 19.0 Å². The third kappa shape index (κ3) is 4.67. The van der Waals surface area contributed by atoms with Gasteiger partial charge in [-0.15, -0.1) is 0 Å². The molecule has 5 rings (SSSR count). The number of amides is 1. The van der Waals surface area contributed by atoms with E-state index >= 15 is 0 Å². The van der Waals surface area contributed by atoms with Crippen LogP contribution in [0.1, 0.15) is 16.1 Å². The molecule has 0 aliphatic carbocycles. The Hall–Kier alpha value is -4.72. The van der Waals surface area contributed by atoms with E-state index in [0.29, 0.717) is 27.9 Å². The monoisotopic (exact) mass is 467 g/mol. The molecule has 5 aromatic rings. The summed E-state index contributed by atoms with van der Waals surface area (Å²) in [6.45, 7) is 1.26. The molecule has 0 saturated carbocycles. The molecule has 0 saturated heterocycles. The number of anilines is 1. The number of benzene rings is 3. The van der Waals surface area contributed by atoms with Crippen LogP contribution in [0, 0.1) is 6.92 Å². The van der Waals surface area contributed by atoms with E-state index in [1.54, 1.807) is 32.2 Å². The van der Waals surface area contributed by atoms with Gasteiger partial charge in [0.2, 0.25) is 5.88 Å². The molecule has 0 aliphatic rings. The highest BCUT2D eigenvalue weighted by molar-refractivity contribution is 6.05. The minimum Gasteiger partial charge on any atom is -0.497 e. The second-order valence-corrected chi connectivity index (χ2v) is 7.96. The first-order chi connectivity index (χ1) is 17.0. The molecule has 0 radical (unpaired) electrons. The van der Waals surface area contributed by atoms with Gasteiger partial charge in [0.25, 0.3) is 5.91 Å². The van der Waals surface area contributed by atoms with Gasteiger partial charge in [0, 0.05) is 17.0 Å². The maximum atomic E-state index is 13.0. The quantitative estimate of drug-likeness (QED) is 0.344. The van der Waals surface area contributed by atoms with Crippen LogP contribution in [0.3, 0.4) is 0 Å². The Morgan fingerprint density at radius 1 is 0.971 bits per heavy atom. The third-order valence-electron chi connectivity index (χ3n) is 5.50. The first-order valence-corrected chi connectivity index (χ1v) is 10.9. The lowest BCUT2D eigenvalue weighted by Gasteiger charge is -2.11. The van der Waals surface area contributed by atoms with Gasteiger partial charge in [-0.2, -0.15) is 0 Å². The lowest BCUT2D eigenvalue weighted by atomic mass is 10.0. The lowest BCUT2D eigenvalue weighted by molar-refractivity contribution is -0.119. The zero-order valence-corrected chi connectivity index (χ0v) is 19.1. The van der Waals surface area contributed by atoms with Crippen molar-refractivity contribution in [3.05, 3.63) is 84.1 Å². The molecule has 2 heterocycles. The number of carbonyl (C=O) groups excluding carboxylic acids is 2. The Morgan fingerprint density at radius 2 is 1.77 bits per heavy atom. The molecule has 0 spiro atoms. The van der Waals surface area contributed by atoms with Gasteiger partial charge in [-0.1, -0.05) is 41.6 Å². The summed E-state index contributed by atoms with van der Waals surface area (Å²) in [5.74, 6) is -0.187. The molecular formula is C27H21N3O5. The number of hydrogen-bond donors (Lipinski definition) is 1. The number of ether oxygens (including phenoxy) is 2. The lowest BCUT2D eigenvalue weighted by Crippen LogP contribution is -2.21. The Morgan fingerprint density at radius 3 is 2.57 bits per heavy atom. The van der Waals surface area contributed by atoms with Crippen LogP contribution in [0.5, 0.6) is 5.75 Å². The van der Waals surface area contributed by atoms with E-state index < -0.39 is 18.5 Å². The minimum atomic E-state index is -0.626. The Balaban J connectivity index is 1.43. The van der Waals surface area contributed by atoms with E-state index in [0.717, 1.165) is 22.1 Å². The van der Waals surface area contributed by atoms with Gasteiger partial charge < -0.3 is 14.0 Å². The predicted molar refractivity (Wildman–Crippen MR) is 131 cm³/mol. The van der Waals surface area contributed by atoms with Gasteiger partial charge >= 0.3 is 5.97 Å². The Labute approximate surface area is 200 Å². The van der Waals surface area contributed by atoms with Crippen molar-refractivity contribution in [1.82, 2.24) is 10.1 Å². The fourth-order valence-electron chi connectivity index (χ4n) is 3.81. The molecular weight excluding hydrogens is 446 g/mol. The predicted octanol–water partition coefficient (Wildman–Crippen LogP) is 5.16. The van der Waals surface area contributed by atoms with Crippen LogP contribution in [0.4, 0.5) is 5.88 Å². The van der Waals surface area contributed by atoms with Crippen LogP contribution in [-0.4, -0.2) is 35.7 Å². The van der Waals surface area contributed by atoms with Gasteiger partial charge in [0.05, 0.1) is 29.6 Å². The topological polar surface area (TPSA) is 104 Å². The zero-order chi connectivity index (χ0) is 24.4. The summed E-state index contributed by atoms with van der Waals surface area (Å²) in [6, 6.07) is 22.3. The molecule has 35 heavy (non-hydrogen) atoms. The van der Waals surface area contributed by atoms with E-state index in [1.165, 1.54) is 0 Å². The normalized spacial score (nSPS) is 10.9. The molecule has 0 bridgehead atoms. The number of aromatic nitrogens is 2. The molecule has 0 aliphatic heterocycles. The van der Waals surface area contributed by atoms with Crippen LogP contribution in [0.2, 0.25) is 0 Å². The third-order valence-corrected chi connectivity index (χ3v) is 5.50. The fraction of sp³-hybridized carbons (Fsp3) is 0.111. The van der Waals surface area contributed by atoms with Crippen LogP contribution in [0.15, 0.2) is 77.3 Å². The summed E-state index contributed by atoms with van der Waals surface area (Å²) in [5, 5.41) is 8.89. The number of esters is 1. The summed E-state index contributed by atoms with van der Waals surface area (Å²) >= 11 is 0. The smallest absolute Gasteiger partial charge is 0.339 e. The van der Waals surface area contributed by atoms with Crippen molar-refractivity contribution in [2.45, 2.75) is 6.92 Å². The fourth-order valence-corrected chi connectivity index (χ4v) is 3.81. The van der Waals surface area contributed by atoms with Gasteiger partial charge in [0.1, 0.15) is 5.75 Å². The van der Waals surface area contributed by atoms with E-state index in [9.17, 15) is 9.59 Å². The van der Waals surface area contributed by atoms with Crippen LogP contribution in [0.25, 0.3) is 32.9 Å². The average Bonchev–Trinajstić information content (AvgIpc) is 3.30. The molecule has 0 unspecified atom stereocenters. The maximum Gasteiger partial charge on any atom is 0.339 e. The van der Waals surface area contributed by atoms with Crippen molar-refractivity contribution < 1.29 is 23.6 Å². The van der Waals surface area contributed by atoms with Gasteiger partial charge in [-0.05, 0) is 48.0 Å². The van der Waals surface area contributed by atoms with Gasteiger partial charge in [-0.25, -0.2) is 9.78 Å².